The fourth-order valence-corrected chi connectivity index (χ4v) is 2.40. The van der Waals surface area contributed by atoms with Crippen LogP contribution in [-0.4, -0.2) is 38.0 Å². The van der Waals surface area contributed by atoms with E-state index in [-0.39, 0.29) is 13.2 Å². The van der Waals surface area contributed by atoms with Gasteiger partial charge in [-0.05, 0) is 28.8 Å². The van der Waals surface area contributed by atoms with Crippen molar-refractivity contribution in [3.8, 4) is 10.7 Å². The van der Waals surface area contributed by atoms with E-state index in [2.05, 4.69) is 15.4 Å². The average molecular weight is 306 g/mol. The van der Waals surface area contributed by atoms with Gasteiger partial charge in [-0.15, -0.1) is 21.5 Å². The predicted octanol–water partition coefficient (Wildman–Crippen LogP) is 1.57. The summed E-state index contributed by atoms with van der Waals surface area (Å²) in [4.78, 5) is 2.32. The Balaban J connectivity index is 1.47. The van der Waals surface area contributed by atoms with E-state index in [1.54, 1.807) is 23.7 Å². The highest BCUT2D eigenvalue weighted by Gasteiger charge is 2.11. The van der Waals surface area contributed by atoms with Crippen LogP contribution in [0.25, 0.3) is 10.7 Å². The Hall–Kier alpha value is -2.03. The molecule has 8 heteroatoms. The van der Waals surface area contributed by atoms with E-state index in [1.807, 2.05) is 23.6 Å². The molecule has 1 atom stereocenters. The molecule has 0 spiro atoms. The number of hydrogen-bond donors (Lipinski definition) is 1. The number of aliphatic hydroxyl groups excluding tert-OH is 1. The van der Waals surface area contributed by atoms with Crippen molar-refractivity contribution in [2.45, 2.75) is 19.3 Å². The number of thiophene rings is 1. The zero-order chi connectivity index (χ0) is 14.5. The molecule has 3 heterocycles. The van der Waals surface area contributed by atoms with Crippen LogP contribution in [0.5, 0.6) is 0 Å². The van der Waals surface area contributed by atoms with Gasteiger partial charge in [0.25, 0.3) is 0 Å². The minimum atomic E-state index is -0.703. The highest BCUT2D eigenvalue weighted by Crippen LogP contribution is 2.19. The molecule has 0 amide bonds. The number of furan rings is 1. The maximum absolute atomic E-state index is 9.89. The van der Waals surface area contributed by atoms with Crippen LogP contribution in [-0.2, 0) is 17.9 Å². The highest BCUT2D eigenvalue weighted by molar-refractivity contribution is 7.13. The van der Waals surface area contributed by atoms with Crippen LogP contribution in [0, 0.1) is 0 Å². The van der Waals surface area contributed by atoms with Crippen molar-refractivity contribution in [1.82, 2.24) is 20.2 Å². The Morgan fingerprint density at radius 3 is 3.10 bits per heavy atom. The Bertz CT molecular complexity index is 651. The molecule has 110 valence electrons. The molecule has 0 aliphatic carbocycles. The molecule has 1 N–H and O–H groups in total. The van der Waals surface area contributed by atoms with Gasteiger partial charge in [0.15, 0.2) is 0 Å². The zero-order valence-corrected chi connectivity index (χ0v) is 11.9. The van der Waals surface area contributed by atoms with Crippen LogP contribution < -0.4 is 0 Å². The van der Waals surface area contributed by atoms with Crippen LogP contribution in [0.4, 0.5) is 0 Å². The Morgan fingerprint density at radius 2 is 2.33 bits per heavy atom. The first-order chi connectivity index (χ1) is 10.3. The molecular formula is C13H14N4O3S. The van der Waals surface area contributed by atoms with Gasteiger partial charge in [0, 0.05) is 0 Å². The van der Waals surface area contributed by atoms with Crippen molar-refractivity contribution in [3.63, 3.8) is 0 Å². The molecule has 0 fully saturated rings. The van der Waals surface area contributed by atoms with E-state index in [9.17, 15) is 5.11 Å². The fraction of sp³-hybridized carbons (Fsp3) is 0.308. The van der Waals surface area contributed by atoms with Crippen molar-refractivity contribution in [2.24, 2.45) is 0 Å². The predicted molar refractivity (Wildman–Crippen MR) is 75.5 cm³/mol. The van der Waals surface area contributed by atoms with Gasteiger partial charge >= 0.3 is 0 Å². The molecule has 0 bridgehead atoms. The Morgan fingerprint density at radius 1 is 1.38 bits per heavy atom. The molecule has 21 heavy (non-hydrogen) atoms. The van der Waals surface area contributed by atoms with E-state index in [0.717, 1.165) is 10.6 Å². The number of hydrogen-bond acceptors (Lipinski definition) is 7. The van der Waals surface area contributed by atoms with Crippen molar-refractivity contribution >= 4 is 11.3 Å². The number of aromatic nitrogens is 4. The van der Waals surface area contributed by atoms with Crippen LogP contribution in [0.15, 0.2) is 40.3 Å². The number of nitrogens with zero attached hydrogens (tertiary/aromatic N) is 4. The lowest BCUT2D eigenvalue weighted by molar-refractivity contribution is 0.0111. The molecule has 0 unspecified atom stereocenters. The van der Waals surface area contributed by atoms with E-state index < -0.39 is 6.10 Å². The molecule has 0 aliphatic rings. The molecule has 0 aromatic carbocycles. The van der Waals surface area contributed by atoms with Gasteiger partial charge in [-0.25, -0.2) is 0 Å². The second kappa shape index (κ2) is 6.61. The van der Waals surface area contributed by atoms with E-state index in [1.165, 1.54) is 4.80 Å². The molecule has 3 rings (SSSR count). The second-order valence-corrected chi connectivity index (χ2v) is 5.34. The lowest BCUT2D eigenvalue weighted by atomic mass is 10.4. The normalized spacial score (nSPS) is 12.6. The summed E-state index contributed by atoms with van der Waals surface area (Å²) in [6.45, 7) is 0.738. The summed E-state index contributed by atoms with van der Waals surface area (Å²) >= 11 is 1.54. The highest BCUT2D eigenvalue weighted by atomic mass is 32.1. The largest absolute Gasteiger partial charge is 0.467 e. The summed E-state index contributed by atoms with van der Waals surface area (Å²) in [5, 5.41) is 23.9. The van der Waals surface area contributed by atoms with Crippen molar-refractivity contribution in [1.29, 1.82) is 0 Å². The minimum absolute atomic E-state index is 0.177. The quantitative estimate of drug-likeness (QED) is 0.713. The van der Waals surface area contributed by atoms with Crippen molar-refractivity contribution < 1.29 is 14.3 Å². The summed E-state index contributed by atoms with van der Waals surface area (Å²) < 4.78 is 10.5. The van der Waals surface area contributed by atoms with Crippen LogP contribution in [0.2, 0.25) is 0 Å². The lowest BCUT2D eigenvalue weighted by Gasteiger charge is -2.09. The molecule has 0 radical (unpaired) electrons. The third-order valence-electron chi connectivity index (χ3n) is 2.70. The molecule has 3 aromatic heterocycles. The molecule has 0 saturated carbocycles. The number of rotatable bonds is 7. The van der Waals surface area contributed by atoms with Crippen molar-refractivity contribution in [2.75, 3.05) is 6.61 Å². The average Bonchev–Trinajstić information content (AvgIpc) is 3.21. The third-order valence-corrected chi connectivity index (χ3v) is 3.57. The first kappa shape index (κ1) is 13.9. The van der Waals surface area contributed by atoms with Gasteiger partial charge in [-0.1, -0.05) is 6.07 Å². The first-order valence-corrected chi connectivity index (χ1v) is 7.29. The topological polar surface area (TPSA) is 86.2 Å². The van der Waals surface area contributed by atoms with Gasteiger partial charge < -0.3 is 14.3 Å². The number of aliphatic hydroxyl groups is 1. The van der Waals surface area contributed by atoms with Gasteiger partial charge in [0.05, 0.1) is 30.4 Å². The summed E-state index contributed by atoms with van der Waals surface area (Å²) in [5.41, 5.74) is 0. The molecule has 0 aliphatic heterocycles. The van der Waals surface area contributed by atoms with Crippen LogP contribution >= 0.6 is 11.3 Å². The molecular weight excluding hydrogens is 292 g/mol. The van der Waals surface area contributed by atoms with E-state index in [4.69, 9.17) is 9.15 Å². The monoisotopic (exact) mass is 306 g/mol. The molecule has 3 aromatic rings. The Labute approximate surface area is 124 Å². The van der Waals surface area contributed by atoms with E-state index in [0.29, 0.717) is 12.4 Å². The van der Waals surface area contributed by atoms with Gasteiger partial charge in [-0.2, -0.15) is 4.80 Å². The molecule has 0 saturated heterocycles. The van der Waals surface area contributed by atoms with Crippen molar-refractivity contribution in [3.05, 3.63) is 41.7 Å². The third kappa shape index (κ3) is 3.75. The summed E-state index contributed by atoms with van der Waals surface area (Å²) in [5.74, 6) is 1.29. The maximum atomic E-state index is 9.89. The first-order valence-electron chi connectivity index (χ1n) is 6.41. The van der Waals surface area contributed by atoms with E-state index >= 15 is 0 Å². The van der Waals surface area contributed by atoms with Crippen LogP contribution in [0.3, 0.4) is 0 Å². The number of ether oxygens (including phenoxy) is 1. The lowest BCUT2D eigenvalue weighted by Crippen LogP contribution is -2.23. The van der Waals surface area contributed by atoms with Gasteiger partial charge in [0.2, 0.25) is 5.82 Å². The van der Waals surface area contributed by atoms with Crippen LogP contribution in [0.1, 0.15) is 5.76 Å². The standard InChI is InChI=1S/C13H14N4O3S/c18-10(8-19-9-11-3-1-5-20-11)7-17-15-13(14-16-17)12-4-2-6-21-12/h1-6,10,18H,7-9H2/t10-/m1/s1. The zero-order valence-electron chi connectivity index (χ0n) is 11.1. The minimum Gasteiger partial charge on any atom is -0.467 e. The summed E-state index contributed by atoms with van der Waals surface area (Å²) in [7, 11) is 0. The maximum Gasteiger partial charge on any atom is 0.214 e. The smallest absolute Gasteiger partial charge is 0.214 e. The Kier molecular flexibility index (Phi) is 4.39. The number of tetrazole rings is 1. The van der Waals surface area contributed by atoms with Gasteiger partial charge in [-0.3, -0.25) is 0 Å². The second-order valence-electron chi connectivity index (χ2n) is 4.39. The molecule has 7 nitrogen and oxygen atoms in total. The summed E-state index contributed by atoms with van der Waals surface area (Å²) in [6, 6.07) is 7.46. The SMILES string of the molecule is O[C@@H](COCc1ccco1)Cn1nnc(-c2cccs2)n1. The van der Waals surface area contributed by atoms with Gasteiger partial charge in [0.1, 0.15) is 12.4 Å². The fourth-order valence-electron chi connectivity index (χ4n) is 1.76. The summed E-state index contributed by atoms with van der Waals surface area (Å²) in [6.07, 6.45) is 0.881.